The van der Waals surface area contributed by atoms with E-state index in [9.17, 15) is 27.9 Å². The number of carboxylic acid groups (broad SMARTS) is 1. The van der Waals surface area contributed by atoms with E-state index in [4.69, 9.17) is 0 Å². The molecule has 1 amide bonds. The molecule has 7 heteroatoms. The lowest BCUT2D eigenvalue weighted by atomic mass is 10.1. The van der Waals surface area contributed by atoms with Gasteiger partial charge in [-0.1, -0.05) is 25.8 Å². The summed E-state index contributed by atoms with van der Waals surface area (Å²) in [6.07, 6.45) is -3.11. The van der Waals surface area contributed by atoms with E-state index in [0.717, 1.165) is 18.6 Å². The third-order valence-electron chi connectivity index (χ3n) is 2.89. The van der Waals surface area contributed by atoms with Crippen LogP contribution in [-0.4, -0.2) is 17.9 Å². The smallest absolute Gasteiger partial charge is 0.416 e. The number of alkyl halides is 3. The van der Waals surface area contributed by atoms with Crippen LogP contribution in [0.3, 0.4) is 0 Å². The highest BCUT2D eigenvalue weighted by Crippen LogP contribution is 2.29. The number of hydrogen-bond acceptors (Lipinski definition) is 3. The number of carbonyl (C=O) groups is 2. The van der Waals surface area contributed by atoms with Crippen LogP contribution < -0.4 is 10.4 Å². The molecule has 0 unspecified atom stereocenters. The van der Waals surface area contributed by atoms with Gasteiger partial charge in [0, 0.05) is 5.56 Å². The molecule has 0 aliphatic heterocycles. The first-order valence-corrected chi connectivity index (χ1v) is 6.44. The second-order valence-corrected chi connectivity index (χ2v) is 4.57. The zero-order chi connectivity index (χ0) is 16.0. The van der Waals surface area contributed by atoms with Gasteiger partial charge in [-0.25, -0.2) is 0 Å². The molecular formula is C14H15F3NO3-. The number of aliphatic carboxylic acids is 1. The minimum absolute atomic E-state index is 0.170. The number of rotatable bonds is 6. The van der Waals surface area contributed by atoms with Gasteiger partial charge in [0.05, 0.1) is 17.6 Å². The van der Waals surface area contributed by atoms with Crippen molar-refractivity contribution in [3.05, 3.63) is 35.4 Å². The van der Waals surface area contributed by atoms with E-state index in [0.29, 0.717) is 12.5 Å². The number of hydrogen-bond donors (Lipinski definition) is 1. The summed E-state index contributed by atoms with van der Waals surface area (Å²) in [5.74, 6) is -2.32. The normalized spacial score (nSPS) is 12.8. The van der Waals surface area contributed by atoms with E-state index < -0.39 is 29.7 Å². The van der Waals surface area contributed by atoms with Crippen LogP contribution in [0.2, 0.25) is 0 Å². The van der Waals surface area contributed by atoms with Gasteiger partial charge < -0.3 is 15.2 Å². The lowest BCUT2D eigenvalue weighted by Gasteiger charge is -2.19. The minimum Gasteiger partial charge on any atom is -0.548 e. The van der Waals surface area contributed by atoms with Crippen molar-refractivity contribution in [3.8, 4) is 0 Å². The first-order valence-electron chi connectivity index (χ1n) is 6.44. The topological polar surface area (TPSA) is 69.2 Å². The molecule has 0 heterocycles. The second-order valence-electron chi connectivity index (χ2n) is 4.57. The maximum atomic E-state index is 12.6. The van der Waals surface area contributed by atoms with Gasteiger partial charge >= 0.3 is 6.18 Å². The summed E-state index contributed by atoms with van der Waals surface area (Å²) in [4.78, 5) is 22.7. The molecule has 1 aromatic rings. The molecule has 1 N–H and O–H groups in total. The van der Waals surface area contributed by atoms with Gasteiger partial charge in [-0.05, 0) is 24.6 Å². The van der Waals surface area contributed by atoms with Crippen molar-refractivity contribution in [2.24, 2.45) is 0 Å². The Labute approximate surface area is 120 Å². The summed E-state index contributed by atoms with van der Waals surface area (Å²) in [7, 11) is 0. The van der Waals surface area contributed by atoms with E-state index in [2.05, 4.69) is 5.32 Å². The fraction of sp³-hybridized carbons (Fsp3) is 0.429. The predicted molar refractivity (Wildman–Crippen MR) is 67.2 cm³/mol. The molecule has 0 bridgehead atoms. The third kappa shape index (κ3) is 5.09. The molecule has 1 aromatic carbocycles. The molecule has 0 aliphatic rings. The van der Waals surface area contributed by atoms with Crippen molar-refractivity contribution in [2.45, 2.75) is 38.4 Å². The number of carboxylic acids is 1. The van der Waals surface area contributed by atoms with E-state index >= 15 is 0 Å². The van der Waals surface area contributed by atoms with Crippen molar-refractivity contribution in [3.63, 3.8) is 0 Å². The maximum absolute atomic E-state index is 12.6. The molecule has 0 spiro atoms. The van der Waals surface area contributed by atoms with Crippen molar-refractivity contribution in [1.29, 1.82) is 0 Å². The molecular weight excluding hydrogens is 287 g/mol. The summed E-state index contributed by atoms with van der Waals surface area (Å²) in [6.45, 7) is 1.85. The second kappa shape index (κ2) is 7.10. The Kier molecular flexibility index (Phi) is 5.75. The number of carbonyl (C=O) groups excluding carboxylic acids is 2. The van der Waals surface area contributed by atoms with E-state index in [1.165, 1.54) is 6.07 Å². The van der Waals surface area contributed by atoms with Crippen molar-refractivity contribution in [1.82, 2.24) is 5.32 Å². The third-order valence-corrected chi connectivity index (χ3v) is 2.89. The average molecular weight is 302 g/mol. The van der Waals surface area contributed by atoms with Crippen LogP contribution in [0.4, 0.5) is 13.2 Å². The van der Waals surface area contributed by atoms with Crippen LogP contribution >= 0.6 is 0 Å². The Morgan fingerprint density at radius 2 is 2.00 bits per heavy atom. The molecule has 0 fully saturated rings. The molecule has 0 saturated carbocycles. The molecule has 0 radical (unpaired) electrons. The van der Waals surface area contributed by atoms with Gasteiger partial charge in [0.2, 0.25) is 0 Å². The van der Waals surface area contributed by atoms with Gasteiger partial charge in [0.1, 0.15) is 0 Å². The molecule has 0 aliphatic carbocycles. The fourth-order valence-corrected chi connectivity index (χ4v) is 1.74. The van der Waals surface area contributed by atoms with Gasteiger partial charge in [-0.15, -0.1) is 0 Å². The van der Waals surface area contributed by atoms with Crippen LogP contribution in [-0.2, 0) is 11.0 Å². The van der Waals surface area contributed by atoms with Crippen LogP contribution in [0.5, 0.6) is 0 Å². The highest BCUT2D eigenvalue weighted by atomic mass is 19.4. The Morgan fingerprint density at radius 3 is 2.52 bits per heavy atom. The van der Waals surface area contributed by atoms with Crippen molar-refractivity contribution in [2.75, 3.05) is 0 Å². The Hall–Kier alpha value is -2.05. The minimum atomic E-state index is -4.56. The zero-order valence-corrected chi connectivity index (χ0v) is 11.4. The zero-order valence-electron chi connectivity index (χ0n) is 11.4. The van der Waals surface area contributed by atoms with E-state index in [-0.39, 0.29) is 12.0 Å². The fourth-order valence-electron chi connectivity index (χ4n) is 1.74. The van der Waals surface area contributed by atoms with E-state index in [1.807, 2.05) is 6.92 Å². The first kappa shape index (κ1) is 17.0. The average Bonchev–Trinajstić information content (AvgIpc) is 2.42. The highest BCUT2D eigenvalue weighted by Gasteiger charge is 2.31. The van der Waals surface area contributed by atoms with E-state index in [1.54, 1.807) is 0 Å². The van der Waals surface area contributed by atoms with Gasteiger partial charge in [-0.3, -0.25) is 4.79 Å². The molecule has 116 valence electrons. The Bertz CT molecular complexity index is 514. The van der Waals surface area contributed by atoms with Crippen molar-refractivity contribution >= 4 is 11.9 Å². The molecule has 21 heavy (non-hydrogen) atoms. The summed E-state index contributed by atoms with van der Waals surface area (Å²) in [5, 5.41) is 13.1. The summed E-state index contributed by atoms with van der Waals surface area (Å²) in [6, 6.07) is 2.59. The van der Waals surface area contributed by atoms with Crippen LogP contribution in [0.25, 0.3) is 0 Å². The molecule has 0 saturated heterocycles. The first-order chi connectivity index (χ1) is 9.75. The highest BCUT2D eigenvalue weighted by molar-refractivity contribution is 5.96. The quantitative estimate of drug-likeness (QED) is 0.870. The standard InChI is InChI=1S/C14H16F3NO3/c1-2-3-7-11(13(20)21)18-12(19)9-5-4-6-10(8-9)14(15,16)17/h4-6,8,11H,2-3,7H2,1H3,(H,18,19)(H,20,21)/p-1/t11-/m1/s1. The number of unbranched alkanes of at least 4 members (excludes halogenated alkanes) is 1. The lowest BCUT2D eigenvalue weighted by molar-refractivity contribution is -0.308. The monoisotopic (exact) mass is 302 g/mol. The van der Waals surface area contributed by atoms with Gasteiger partial charge in [-0.2, -0.15) is 13.2 Å². The summed E-state index contributed by atoms with van der Waals surface area (Å²) < 4.78 is 37.7. The number of nitrogens with one attached hydrogen (secondary N) is 1. The number of benzene rings is 1. The number of amides is 1. The van der Waals surface area contributed by atoms with Crippen LogP contribution in [0.15, 0.2) is 24.3 Å². The van der Waals surface area contributed by atoms with Gasteiger partial charge in [0.25, 0.3) is 5.91 Å². The maximum Gasteiger partial charge on any atom is 0.416 e. The predicted octanol–water partition coefficient (Wildman–Crippen LogP) is 1.74. The summed E-state index contributed by atoms with van der Waals surface area (Å²) >= 11 is 0. The number of halogens is 3. The molecule has 0 aromatic heterocycles. The van der Waals surface area contributed by atoms with Crippen molar-refractivity contribution < 1.29 is 27.9 Å². The SMILES string of the molecule is CCCC[C@@H](NC(=O)c1cccc(C(F)(F)F)c1)C(=O)[O-]. The summed E-state index contributed by atoms with van der Waals surface area (Å²) in [5.41, 5.74) is -1.21. The Balaban J connectivity index is 2.85. The van der Waals surface area contributed by atoms with Crippen LogP contribution in [0.1, 0.15) is 42.1 Å². The molecule has 1 atom stereocenters. The Morgan fingerprint density at radius 1 is 1.33 bits per heavy atom. The molecule has 1 rings (SSSR count). The molecule has 4 nitrogen and oxygen atoms in total. The largest absolute Gasteiger partial charge is 0.548 e. The lowest BCUT2D eigenvalue weighted by Crippen LogP contribution is -2.47. The van der Waals surface area contributed by atoms with Crippen LogP contribution in [0, 0.1) is 0 Å². The van der Waals surface area contributed by atoms with Gasteiger partial charge in [0.15, 0.2) is 0 Å².